The minimum Gasteiger partial charge on any atom is -0.463 e. The molecule has 0 radical (unpaired) electrons. The molecule has 1 aliphatic rings. The molecule has 1 aliphatic heterocycles. The van der Waals surface area contributed by atoms with Crippen molar-refractivity contribution in [2.45, 2.75) is 12.0 Å². The average molecular weight is 393 g/mol. The molecule has 29 heavy (non-hydrogen) atoms. The van der Waals surface area contributed by atoms with E-state index < -0.39 is 34.2 Å². The van der Waals surface area contributed by atoms with E-state index in [1.165, 1.54) is 36.4 Å². The van der Waals surface area contributed by atoms with E-state index in [4.69, 9.17) is 11.3 Å². The monoisotopic (exact) mass is 393 g/mol. The van der Waals surface area contributed by atoms with Gasteiger partial charge in [-0.2, -0.15) is 0 Å². The van der Waals surface area contributed by atoms with Crippen LogP contribution in [-0.2, 0) is 24.7 Å². The smallest absolute Gasteiger partial charge is 0.399 e. The standard InChI is InChI=1S/C20H15N3O6/c1-21-20(19(26)29-2,13-6-4-3-5-7-13)16-12-17(24)22(18(16)25)14-8-10-15(11-9-14)23(27)28/h3-11,16H,12H2,2H3/t16-,20-/m0/s1. The Morgan fingerprint density at radius 3 is 2.34 bits per heavy atom. The fourth-order valence-electron chi connectivity index (χ4n) is 3.45. The molecule has 2 amide bonds. The van der Waals surface area contributed by atoms with Crippen molar-refractivity contribution in [3.8, 4) is 0 Å². The summed E-state index contributed by atoms with van der Waals surface area (Å²) in [6, 6.07) is 12.9. The number of rotatable bonds is 5. The van der Waals surface area contributed by atoms with Crippen molar-refractivity contribution >= 4 is 29.2 Å². The summed E-state index contributed by atoms with van der Waals surface area (Å²) in [6.07, 6.45) is -0.373. The van der Waals surface area contributed by atoms with Crippen molar-refractivity contribution in [1.29, 1.82) is 0 Å². The van der Waals surface area contributed by atoms with E-state index in [0.717, 1.165) is 12.0 Å². The van der Waals surface area contributed by atoms with Crippen molar-refractivity contribution in [3.63, 3.8) is 0 Å². The van der Waals surface area contributed by atoms with E-state index in [9.17, 15) is 24.5 Å². The van der Waals surface area contributed by atoms with Crippen LogP contribution in [0.4, 0.5) is 11.4 Å². The average Bonchev–Trinajstić information content (AvgIpc) is 3.04. The Morgan fingerprint density at radius 1 is 1.21 bits per heavy atom. The lowest BCUT2D eigenvalue weighted by Gasteiger charge is -2.24. The van der Waals surface area contributed by atoms with Gasteiger partial charge in [-0.1, -0.05) is 30.3 Å². The number of methoxy groups -OCH3 is 1. The summed E-state index contributed by atoms with van der Waals surface area (Å²) in [4.78, 5) is 53.0. The molecule has 9 nitrogen and oxygen atoms in total. The van der Waals surface area contributed by atoms with Crippen LogP contribution in [-0.4, -0.2) is 29.8 Å². The first kappa shape index (κ1) is 19.7. The number of ether oxygens (including phenoxy) is 1. The van der Waals surface area contributed by atoms with Gasteiger partial charge in [-0.25, -0.2) is 16.3 Å². The van der Waals surface area contributed by atoms with E-state index in [2.05, 4.69) is 4.85 Å². The highest BCUT2D eigenvalue weighted by atomic mass is 16.6. The molecule has 0 spiro atoms. The minimum atomic E-state index is -2.02. The Labute approximate surface area is 165 Å². The van der Waals surface area contributed by atoms with Crippen LogP contribution in [0.5, 0.6) is 0 Å². The number of esters is 1. The van der Waals surface area contributed by atoms with Crippen LogP contribution in [0.2, 0.25) is 0 Å². The highest BCUT2D eigenvalue weighted by Crippen LogP contribution is 2.43. The van der Waals surface area contributed by atoms with Gasteiger partial charge < -0.3 is 4.74 Å². The normalized spacial score (nSPS) is 18.1. The molecule has 0 bridgehead atoms. The number of nitro benzene ring substituents is 1. The number of hydrogen-bond donors (Lipinski definition) is 0. The van der Waals surface area contributed by atoms with Gasteiger partial charge >= 0.3 is 11.5 Å². The molecule has 0 saturated carbocycles. The summed E-state index contributed by atoms with van der Waals surface area (Å²) in [5, 5.41) is 10.8. The number of non-ortho nitro benzene ring substituents is 1. The Morgan fingerprint density at radius 2 is 1.83 bits per heavy atom. The number of anilines is 1. The SMILES string of the molecule is [C-]#[N+][C@@](C(=O)OC)(c1ccccc1)[C@H]1CC(=O)N(c2ccc([N+](=O)[O-])cc2)C1=O. The van der Waals surface area contributed by atoms with Crippen LogP contribution in [0, 0.1) is 22.6 Å². The van der Waals surface area contributed by atoms with Gasteiger partial charge in [0.25, 0.3) is 5.69 Å². The Hall–Kier alpha value is -4.06. The summed E-state index contributed by atoms with van der Waals surface area (Å²) < 4.78 is 4.83. The van der Waals surface area contributed by atoms with Crippen molar-refractivity contribution < 1.29 is 24.0 Å². The molecule has 3 rings (SSSR count). The molecule has 0 aliphatic carbocycles. The van der Waals surface area contributed by atoms with Gasteiger partial charge in [0.15, 0.2) is 0 Å². The maximum Gasteiger partial charge on any atom is 0.399 e. The van der Waals surface area contributed by atoms with E-state index in [1.807, 2.05) is 0 Å². The highest BCUT2D eigenvalue weighted by Gasteiger charge is 2.63. The van der Waals surface area contributed by atoms with Gasteiger partial charge in [0.05, 0.1) is 17.7 Å². The Balaban J connectivity index is 2.07. The van der Waals surface area contributed by atoms with Crippen LogP contribution in [0.15, 0.2) is 54.6 Å². The second kappa shape index (κ2) is 7.52. The zero-order valence-corrected chi connectivity index (χ0v) is 15.3. The molecule has 2 atom stereocenters. The lowest BCUT2D eigenvalue weighted by Crippen LogP contribution is -2.45. The van der Waals surface area contributed by atoms with Gasteiger partial charge in [-0.3, -0.25) is 24.5 Å². The summed E-state index contributed by atoms with van der Waals surface area (Å²) in [5.41, 5.74) is -1.83. The molecule has 2 aromatic rings. The molecule has 2 aromatic carbocycles. The fourth-order valence-corrected chi connectivity index (χ4v) is 3.45. The number of imide groups is 1. The molecule has 1 saturated heterocycles. The van der Waals surface area contributed by atoms with E-state index in [-0.39, 0.29) is 23.4 Å². The number of carbonyl (C=O) groups excluding carboxylic acids is 3. The lowest BCUT2D eigenvalue weighted by molar-refractivity contribution is -0.384. The molecule has 0 aromatic heterocycles. The van der Waals surface area contributed by atoms with E-state index in [0.29, 0.717) is 0 Å². The Kier molecular flexibility index (Phi) is 5.10. The van der Waals surface area contributed by atoms with Crippen molar-refractivity contribution in [1.82, 2.24) is 0 Å². The summed E-state index contributed by atoms with van der Waals surface area (Å²) in [6.45, 7) is 7.71. The van der Waals surface area contributed by atoms with Crippen molar-refractivity contribution in [2.75, 3.05) is 12.0 Å². The third-order valence-corrected chi connectivity index (χ3v) is 4.86. The predicted molar refractivity (Wildman–Crippen MR) is 100 cm³/mol. The van der Waals surface area contributed by atoms with Gasteiger partial charge in [-0.05, 0) is 12.1 Å². The topological polar surface area (TPSA) is 111 Å². The number of hydrogen-bond acceptors (Lipinski definition) is 6. The minimum absolute atomic E-state index is 0.130. The van der Waals surface area contributed by atoms with E-state index >= 15 is 0 Å². The number of carbonyl (C=O) groups is 3. The highest BCUT2D eigenvalue weighted by molar-refractivity contribution is 6.22. The first-order valence-corrected chi connectivity index (χ1v) is 8.50. The Bertz CT molecular complexity index is 1030. The van der Waals surface area contributed by atoms with Crippen LogP contribution >= 0.6 is 0 Å². The van der Waals surface area contributed by atoms with Gasteiger partial charge in [-0.15, -0.1) is 0 Å². The van der Waals surface area contributed by atoms with Crippen LogP contribution in [0.25, 0.3) is 4.85 Å². The summed E-state index contributed by atoms with van der Waals surface area (Å²) in [5.74, 6) is -3.58. The largest absolute Gasteiger partial charge is 0.463 e. The van der Waals surface area contributed by atoms with Crippen LogP contribution in [0.1, 0.15) is 12.0 Å². The predicted octanol–water partition coefficient (Wildman–Crippen LogP) is 2.46. The van der Waals surface area contributed by atoms with Crippen molar-refractivity contribution in [2.24, 2.45) is 5.92 Å². The first-order chi connectivity index (χ1) is 13.9. The lowest BCUT2D eigenvalue weighted by atomic mass is 9.77. The zero-order chi connectivity index (χ0) is 21.2. The maximum atomic E-state index is 13.2. The fraction of sp³-hybridized carbons (Fsp3) is 0.200. The molecule has 1 fully saturated rings. The van der Waals surface area contributed by atoms with Gasteiger partial charge in [0, 0.05) is 24.1 Å². The zero-order valence-electron chi connectivity index (χ0n) is 15.3. The summed E-state index contributed by atoms with van der Waals surface area (Å²) in [7, 11) is 1.11. The number of nitro groups is 1. The second-order valence-electron chi connectivity index (χ2n) is 6.33. The third-order valence-electron chi connectivity index (χ3n) is 4.86. The van der Waals surface area contributed by atoms with Crippen LogP contribution in [0.3, 0.4) is 0 Å². The van der Waals surface area contributed by atoms with E-state index in [1.54, 1.807) is 18.2 Å². The second-order valence-corrected chi connectivity index (χ2v) is 6.33. The third kappa shape index (κ3) is 3.10. The molecule has 1 heterocycles. The molecule has 146 valence electrons. The molecular formula is C20H15N3O6. The van der Waals surface area contributed by atoms with Crippen molar-refractivity contribution in [3.05, 3.63) is 81.7 Å². The van der Waals surface area contributed by atoms with Gasteiger partial charge in [0.1, 0.15) is 5.92 Å². The molecule has 9 heteroatoms. The van der Waals surface area contributed by atoms with Crippen LogP contribution < -0.4 is 4.90 Å². The van der Waals surface area contributed by atoms with Gasteiger partial charge in [0.2, 0.25) is 11.8 Å². The first-order valence-electron chi connectivity index (χ1n) is 8.50. The maximum absolute atomic E-state index is 13.2. The quantitative estimate of drug-likeness (QED) is 0.254. The number of benzene rings is 2. The molecule has 0 unspecified atom stereocenters. The number of nitrogens with zero attached hydrogens (tertiary/aromatic N) is 3. The molecular weight excluding hydrogens is 378 g/mol. The number of amides is 2. The molecule has 0 N–H and O–H groups in total. The summed E-state index contributed by atoms with van der Waals surface area (Å²) >= 11 is 0.